The van der Waals surface area contributed by atoms with Gasteiger partial charge in [0, 0.05) is 19.6 Å². The Balaban J connectivity index is 1.56. The van der Waals surface area contributed by atoms with E-state index in [1.54, 1.807) is 12.1 Å². The lowest BCUT2D eigenvalue weighted by atomic mass is 10.2. The van der Waals surface area contributed by atoms with Crippen LogP contribution in [0.1, 0.15) is 24.8 Å². The third-order valence-corrected chi connectivity index (χ3v) is 6.57. The largest absolute Gasteiger partial charge is 0.344 e. The molecule has 2 N–H and O–H groups in total. The molecule has 1 fully saturated rings. The molecule has 0 atom stereocenters. The maximum absolute atomic E-state index is 13.5. The normalized spacial score (nSPS) is 14.9. The highest BCUT2D eigenvalue weighted by Gasteiger charge is 2.25. The smallest absolute Gasteiger partial charge is 0.313 e. The Bertz CT molecular complexity index is 987. The maximum Gasteiger partial charge on any atom is 0.313 e. The van der Waals surface area contributed by atoms with E-state index >= 15 is 0 Å². The van der Waals surface area contributed by atoms with E-state index in [1.807, 2.05) is 0 Å². The Hall–Kier alpha value is -2.78. The number of hydrogen-bond donors (Lipinski definition) is 2. The van der Waals surface area contributed by atoms with Gasteiger partial charge in [-0.2, -0.15) is 4.31 Å². The standard InChI is InChI=1S/C20H22FN3O4S/c21-17-6-2-3-7-18(17)23-20(26)19(25)22-14-15-8-10-16(11-9-15)29(27,28)24-12-4-1-5-13-24/h2-3,6-11H,1,4-5,12-14H2,(H,22,25)(H,23,26). The molecule has 0 unspecified atom stereocenters. The minimum Gasteiger partial charge on any atom is -0.344 e. The van der Waals surface area contributed by atoms with Crippen molar-refractivity contribution in [2.75, 3.05) is 18.4 Å². The number of para-hydroxylation sites is 1. The van der Waals surface area contributed by atoms with E-state index in [2.05, 4.69) is 10.6 Å². The van der Waals surface area contributed by atoms with E-state index < -0.39 is 27.7 Å². The number of sulfonamides is 1. The van der Waals surface area contributed by atoms with Gasteiger partial charge in [0.25, 0.3) is 0 Å². The van der Waals surface area contributed by atoms with E-state index in [9.17, 15) is 22.4 Å². The van der Waals surface area contributed by atoms with Crippen LogP contribution in [0.4, 0.5) is 10.1 Å². The van der Waals surface area contributed by atoms with Gasteiger partial charge in [0.2, 0.25) is 10.0 Å². The van der Waals surface area contributed by atoms with Gasteiger partial charge in [0.15, 0.2) is 0 Å². The van der Waals surface area contributed by atoms with Crippen LogP contribution in [-0.4, -0.2) is 37.6 Å². The first-order chi connectivity index (χ1) is 13.9. The van der Waals surface area contributed by atoms with Crippen molar-refractivity contribution in [1.82, 2.24) is 9.62 Å². The fourth-order valence-electron chi connectivity index (χ4n) is 3.04. The number of nitrogens with one attached hydrogen (secondary N) is 2. The van der Waals surface area contributed by atoms with Gasteiger partial charge in [0.1, 0.15) is 5.82 Å². The van der Waals surface area contributed by atoms with Gasteiger partial charge >= 0.3 is 11.8 Å². The number of amides is 2. The van der Waals surface area contributed by atoms with E-state index in [4.69, 9.17) is 0 Å². The van der Waals surface area contributed by atoms with Crippen molar-refractivity contribution < 1.29 is 22.4 Å². The lowest BCUT2D eigenvalue weighted by Crippen LogP contribution is -2.35. The first-order valence-corrected chi connectivity index (χ1v) is 10.7. The number of anilines is 1. The number of nitrogens with zero attached hydrogens (tertiary/aromatic N) is 1. The summed E-state index contributed by atoms with van der Waals surface area (Å²) in [5, 5.41) is 4.63. The van der Waals surface area contributed by atoms with Gasteiger partial charge in [-0.1, -0.05) is 30.7 Å². The predicted octanol–water partition coefficient (Wildman–Crippen LogP) is 2.26. The monoisotopic (exact) mass is 419 g/mol. The van der Waals surface area contributed by atoms with Crippen LogP contribution < -0.4 is 10.6 Å². The maximum atomic E-state index is 13.5. The minimum absolute atomic E-state index is 0.0353. The number of halogens is 1. The molecule has 1 aliphatic rings. The zero-order chi connectivity index (χ0) is 20.9. The summed E-state index contributed by atoms with van der Waals surface area (Å²) in [6.07, 6.45) is 2.76. The van der Waals surface area contributed by atoms with Crippen molar-refractivity contribution in [3.05, 3.63) is 59.9 Å². The van der Waals surface area contributed by atoms with Crippen LogP contribution in [0.25, 0.3) is 0 Å². The van der Waals surface area contributed by atoms with Crippen LogP contribution in [0.3, 0.4) is 0 Å². The number of rotatable bonds is 5. The molecule has 7 nitrogen and oxygen atoms in total. The van der Waals surface area contributed by atoms with Crippen molar-refractivity contribution >= 4 is 27.5 Å². The fourth-order valence-corrected chi connectivity index (χ4v) is 4.55. The number of carbonyl (C=O) groups excluding carboxylic acids is 2. The van der Waals surface area contributed by atoms with Crippen molar-refractivity contribution in [2.24, 2.45) is 0 Å². The second-order valence-electron chi connectivity index (χ2n) is 6.73. The number of benzene rings is 2. The fraction of sp³-hybridized carbons (Fsp3) is 0.300. The summed E-state index contributed by atoms with van der Waals surface area (Å²) in [6.45, 7) is 1.09. The van der Waals surface area contributed by atoms with E-state index in [0.29, 0.717) is 18.7 Å². The second-order valence-corrected chi connectivity index (χ2v) is 8.66. The Morgan fingerprint density at radius 2 is 1.59 bits per heavy atom. The Labute approximate surface area is 169 Å². The van der Waals surface area contributed by atoms with Crippen molar-refractivity contribution in [1.29, 1.82) is 0 Å². The Morgan fingerprint density at radius 3 is 2.24 bits per heavy atom. The number of carbonyl (C=O) groups is 2. The Kier molecular flexibility index (Phi) is 6.60. The van der Waals surface area contributed by atoms with E-state index in [-0.39, 0.29) is 17.1 Å². The Morgan fingerprint density at radius 1 is 0.931 bits per heavy atom. The van der Waals surface area contributed by atoms with Gasteiger partial charge in [-0.25, -0.2) is 12.8 Å². The van der Waals surface area contributed by atoms with Crippen LogP contribution in [0.15, 0.2) is 53.4 Å². The van der Waals surface area contributed by atoms with E-state index in [1.165, 1.54) is 40.7 Å². The third kappa shape index (κ3) is 5.18. The molecule has 154 valence electrons. The number of piperidine rings is 1. The molecule has 0 aromatic heterocycles. The lowest BCUT2D eigenvalue weighted by Gasteiger charge is -2.25. The van der Waals surface area contributed by atoms with Crippen LogP contribution >= 0.6 is 0 Å². The molecule has 0 aliphatic carbocycles. The minimum atomic E-state index is -3.52. The first kappa shape index (κ1) is 20.9. The topological polar surface area (TPSA) is 95.6 Å². The molecule has 2 amide bonds. The molecule has 2 aromatic carbocycles. The molecule has 29 heavy (non-hydrogen) atoms. The molecule has 0 radical (unpaired) electrons. The zero-order valence-corrected chi connectivity index (χ0v) is 16.5. The molecule has 1 heterocycles. The highest BCUT2D eigenvalue weighted by atomic mass is 32.2. The SMILES string of the molecule is O=C(NCc1ccc(S(=O)(=O)N2CCCCC2)cc1)C(=O)Nc1ccccc1F. The molecule has 3 rings (SSSR count). The highest BCUT2D eigenvalue weighted by molar-refractivity contribution is 7.89. The summed E-state index contributed by atoms with van der Waals surface area (Å²) in [5.41, 5.74) is 0.551. The average molecular weight is 419 g/mol. The van der Waals surface area contributed by atoms with Gasteiger partial charge < -0.3 is 10.6 Å². The predicted molar refractivity (Wildman–Crippen MR) is 106 cm³/mol. The molecular formula is C20H22FN3O4S. The summed E-state index contributed by atoms with van der Waals surface area (Å²) in [6, 6.07) is 11.7. The molecule has 1 saturated heterocycles. The number of hydrogen-bond acceptors (Lipinski definition) is 4. The summed E-state index contributed by atoms with van der Waals surface area (Å²) >= 11 is 0. The lowest BCUT2D eigenvalue weighted by molar-refractivity contribution is -0.136. The summed E-state index contributed by atoms with van der Waals surface area (Å²) in [5.74, 6) is -2.54. The summed E-state index contributed by atoms with van der Waals surface area (Å²) in [7, 11) is -3.52. The van der Waals surface area contributed by atoms with Gasteiger partial charge in [-0.3, -0.25) is 9.59 Å². The third-order valence-electron chi connectivity index (χ3n) is 4.66. The molecule has 0 spiro atoms. The van der Waals surface area contributed by atoms with Crippen molar-refractivity contribution in [2.45, 2.75) is 30.7 Å². The second kappa shape index (κ2) is 9.15. The van der Waals surface area contributed by atoms with Gasteiger partial charge in [0.05, 0.1) is 10.6 Å². The molecule has 2 aromatic rings. The molecule has 0 bridgehead atoms. The summed E-state index contributed by atoms with van der Waals surface area (Å²) < 4.78 is 40.3. The van der Waals surface area contributed by atoms with Crippen LogP contribution in [0, 0.1) is 5.82 Å². The highest BCUT2D eigenvalue weighted by Crippen LogP contribution is 2.20. The molecule has 0 saturated carbocycles. The zero-order valence-electron chi connectivity index (χ0n) is 15.7. The van der Waals surface area contributed by atoms with Crippen molar-refractivity contribution in [3.8, 4) is 0 Å². The first-order valence-electron chi connectivity index (χ1n) is 9.31. The molecule has 9 heteroatoms. The quantitative estimate of drug-likeness (QED) is 0.727. The average Bonchev–Trinajstić information content (AvgIpc) is 2.74. The van der Waals surface area contributed by atoms with E-state index in [0.717, 1.165) is 19.3 Å². The van der Waals surface area contributed by atoms with Crippen molar-refractivity contribution in [3.63, 3.8) is 0 Å². The van der Waals surface area contributed by atoms with Gasteiger partial charge in [-0.15, -0.1) is 0 Å². The van der Waals surface area contributed by atoms with Crippen LogP contribution in [-0.2, 0) is 26.2 Å². The van der Waals surface area contributed by atoms with Crippen LogP contribution in [0.5, 0.6) is 0 Å². The van der Waals surface area contributed by atoms with Gasteiger partial charge in [-0.05, 0) is 42.7 Å². The van der Waals surface area contributed by atoms with Crippen LogP contribution in [0.2, 0.25) is 0 Å². The summed E-state index contributed by atoms with van der Waals surface area (Å²) in [4.78, 5) is 24.0. The molecule has 1 aliphatic heterocycles. The molecular weight excluding hydrogens is 397 g/mol.